The molecule has 0 atom stereocenters. The van der Waals surface area contributed by atoms with Gasteiger partial charge in [-0.3, -0.25) is 0 Å². The number of nitrogens with zero attached hydrogens (tertiary/aromatic N) is 1. The van der Waals surface area contributed by atoms with Crippen molar-refractivity contribution < 1.29 is 17.9 Å². The van der Waals surface area contributed by atoms with Crippen LogP contribution in [0.2, 0.25) is 0 Å². The van der Waals surface area contributed by atoms with E-state index in [2.05, 4.69) is 16.9 Å². The Labute approximate surface area is 152 Å². The molecule has 0 bridgehead atoms. The molecule has 0 saturated carbocycles. The van der Waals surface area contributed by atoms with Gasteiger partial charge < -0.3 is 9.47 Å². The van der Waals surface area contributed by atoms with E-state index >= 15 is 0 Å². The molecule has 8 heteroatoms. The highest BCUT2D eigenvalue weighted by molar-refractivity contribution is 7.91. The molecule has 1 N–H and O–H groups in total. The molecular weight excluding hydrogens is 360 g/mol. The Balaban J connectivity index is 2.07. The second kappa shape index (κ2) is 9.43. The van der Waals surface area contributed by atoms with E-state index in [0.29, 0.717) is 30.3 Å². The molecular formula is C17H22N2O4S2. The lowest BCUT2D eigenvalue weighted by Crippen LogP contribution is -2.17. The van der Waals surface area contributed by atoms with Crippen LogP contribution in [0.3, 0.4) is 0 Å². The molecule has 136 valence electrons. The van der Waals surface area contributed by atoms with Gasteiger partial charge >= 0.3 is 0 Å². The smallest absolute Gasteiger partial charge is 0.286 e. The number of nitrogens with one attached hydrogen (secondary N) is 1. The first-order valence-corrected chi connectivity index (χ1v) is 10.4. The number of hydrazone groups is 1. The van der Waals surface area contributed by atoms with E-state index < -0.39 is 10.0 Å². The van der Waals surface area contributed by atoms with Crippen molar-refractivity contribution in [3.63, 3.8) is 0 Å². The quantitative estimate of drug-likeness (QED) is 0.387. The third-order valence-corrected chi connectivity index (χ3v) is 5.79. The number of hydrogen-bond acceptors (Lipinski definition) is 6. The van der Waals surface area contributed by atoms with E-state index in [1.807, 2.05) is 6.92 Å². The van der Waals surface area contributed by atoms with Gasteiger partial charge in [-0.15, -0.1) is 11.3 Å². The minimum atomic E-state index is -3.62. The molecule has 0 aliphatic rings. The van der Waals surface area contributed by atoms with Crippen molar-refractivity contribution in [2.45, 2.75) is 30.9 Å². The summed E-state index contributed by atoms with van der Waals surface area (Å²) in [6.45, 7) is 5.13. The van der Waals surface area contributed by atoms with E-state index in [1.165, 1.54) is 12.3 Å². The van der Waals surface area contributed by atoms with E-state index in [0.717, 1.165) is 24.2 Å². The fraction of sp³-hybridized carbons (Fsp3) is 0.353. The van der Waals surface area contributed by atoms with Crippen LogP contribution in [0, 0.1) is 0 Å². The summed E-state index contributed by atoms with van der Waals surface area (Å²) in [6, 6.07) is 8.57. The number of rotatable bonds is 10. The third-order valence-electron chi connectivity index (χ3n) is 3.17. The maximum atomic E-state index is 12.0. The Morgan fingerprint density at radius 3 is 2.72 bits per heavy atom. The first-order chi connectivity index (χ1) is 12.1. The molecule has 0 saturated heterocycles. The van der Waals surface area contributed by atoms with Crippen molar-refractivity contribution in [2.24, 2.45) is 5.10 Å². The van der Waals surface area contributed by atoms with Crippen molar-refractivity contribution in [1.29, 1.82) is 0 Å². The van der Waals surface area contributed by atoms with Crippen LogP contribution >= 0.6 is 11.3 Å². The van der Waals surface area contributed by atoms with Crippen LogP contribution < -0.4 is 14.3 Å². The molecule has 0 aliphatic carbocycles. The van der Waals surface area contributed by atoms with Gasteiger partial charge in [0, 0.05) is 0 Å². The van der Waals surface area contributed by atoms with Crippen LogP contribution in [0.4, 0.5) is 0 Å². The standard InChI is InChI=1S/C17H22N2O4S2/c1-3-5-10-23-15-9-8-14(12-16(15)22-4-2)13-18-19-25(20,21)17-7-6-11-24-17/h6-9,11-13,19H,3-5,10H2,1-2H3/b18-13+. The zero-order valence-electron chi connectivity index (χ0n) is 14.3. The first-order valence-electron chi connectivity index (χ1n) is 8.05. The van der Waals surface area contributed by atoms with Crippen LogP contribution in [0.5, 0.6) is 11.5 Å². The Morgan fingerprint density at radius 2 is 2.04 bits per heavy atom. The molecule has 1 aromatic carbocycles. The van der Waals surface area contributed by atoms with E-state index in [-0.39, 0.29) is 4.21 Å². The summed E-state index contributed by atoms with van der Waals surface area (Å²) in [6.07, 6.45) is 3.46. The molecule has 1 aromatic heterocycles. The Bertz CT molecular complexity index is 787. The number of sulfonamides is 1. The molecule has 0 radical (unpaired) electrons. The van der Waals surface area contributed by atoms with Gasteiger partial charge in [-0.2, -0.15) is 18.4 Å². The highest BCUT2D eigenvalue weighted by atomic mass is 32.2. The zero-order chi connectivity index (χ0) is 18.1. The summed E-state index contributed by atoms with van der Waals surface area (Å²) >= 11 is 1.14. The number of ether oxygens (including phenoxy) is 2. The van der Waals surface area contributed by atoms with E-state index in [1.54, 1.807) is 29.6 Å². The molecule has 0 amide bonds. The molecule has 0 unspecified atom stereocenters. The normalized spacial score (nSPS) is 11.6. The van der Waals surface area contributed by atoms with Crippen molar-refractivity contribution in [3.05, 3.63) is 41.3 Å². The fourth-order valence-electron chi connectivity index (χ4n) is 1.95. The van der Waals surface area contributed by atoms with Gasteiger partial charge in [0.15, 0.2) is 11.5 Å². The second-order valence-corrected chi connectivity index (χ2v) is 7.96. The highest BCUT2D eigenvalue weighted by Gasteiger charge is 2.13. The largest absolute Gasteiger partial charge is 0.490 e. The van der Waals surface area contributed by atoms with Gasteiger partial charge in [0.25, 0.3) is 10.0 Å². The first kappa shape index (κ1) is 19.3. The fourth-order valence-corrected chi connectivity index (χ4v) is 3.72. The molecule has 25 heavy (non-hydrogen) atoms. The predicted octanol–water partition coefficient (Wildman–Crippen LogP) is 3.64. The number of thiophene rings is 1. The van der Waals surface area contributed by atoms with Crippen molar-refractivity contribution >= 4 is 27.6 Å². The number of hydrogen-bond donors (Lipinski definition) is 1. The lowest BCUT2D eigenvalue weighted by atomic mass is 10.2. The average Bonchev–Trinajstić information content (AvgIpc) is 3.12. The van der Waals surface area contributed by atoms with Gasteiger partial charge in [0.05, 0.1) is 19.4 Å². The zero-order valence-corrected chi connectivity index (χ0v) is 15.9. The summed E-state index contributed by atoms with van der Waals surface area (Å²) in [5.41, 5.74) is 0.708. The van der Waals surface area contributed by atoms with Gasteiger partial charge in [0.1, 0.15) is 4.21 Å². The summed E-state index contributed by atoms with van der Waals surface area (Å²) in [7, 11) is -3.62. The summed E-state index contributed by atoms with van der Waals surface area (Å²) in [5, 5.41) is 5.52. The predicted molar refractivity (Wildman–Crippen MR) is 100 cm³/mol. The number of benzene rings is 1. The average molecular weight is 383 g/mol. The molecule has 6 nitrogen and oxygen atoms in total. The lowest BCUT2D eigenvalue weighted by molar-refractivity contribution is 0.272. The van der Waals surface area contributed by atoms with Crippen LogP contribution in [0.1, 0.15) is 32.3 Å². The maximum Gasteiger partial charge on any atom is 0.286 e. The van der Waals surface area contributed by atoms with Crippen LogP contribution in [0.15, 0.2) is 45.0 Å². The molecule has 2 rings (SSSR count). The highest BCUT2D eigenvalue weighted by Crippen LogP contribution is 2.28. The van der Waals surface area contributed by atoms with Gasteiger partial charge in [-0.25, -0.2) is 0 Å². The second-order valence-electron chi connectivity index (χ2n) is 5.13. The molecule has 0 spiro atoms. The van der Waals surface area contributed by atoms with Crippen LogP contribution in [-0.4, -0.2) is 27.8 Å². The molecule has 0 aliphatic heterocycles. The SMILES string of the molecule is CCCCOc1ccc(/C=N/NS(=O)(=O)c2cccs2)cc1OCC. The molecule has 1 heterocycles. The Kier molecular flexibility index (Phi) is 7.27. The van der Waals surface area contributed by atoms with Gasteiger partial charge in [0.2, 0.25) is 0 Å². The van der Waals surface area contributed by atoms with Crippen LogP contribution in [0.25, 0.3) is 0 Å². The summed E-state index contributed by atoms with van der Waals surface area (Å²) in [4.78, 5) is 2.20. The minimum absolute atomic E-state index is 0.222. The molecule has 2 aromatic rings. The maximum absolute atomic E-state index is 12.0. The summed E-state index contributed by atoms with van der Waals surface area (Å²) < 4.78 is 35.5. The molecule has 0 fully saturated rings. The Hall–Kier alpha value is -2.06. The Morgan fingerprint density at radius 1 is 1.20 bits per heavy atom. The topological polar surface area (TPSA) is 77.0 Å². The number of unbranched alkanes of at least 4 members (excludes halogenated alkanes) is 1. The van der Waals surface area contributed by atoms with E-state index in [9.17, 15) is 8.42 Å². The third kappa shape index (κ3) is 5.75. The van der Waals surface area contributed by atoms with Crippen molar-refractivity contribution in [1.82, 2.24) is 4.83 Å². The van der Waals surface area contributed by atoms with Gasteiger partial charge in [-0.05, 0) is 48.6 Å². The van der Waals surface area contributed by atoms with Crippen molar-refractivity contribution in [3.8, 4) is 11.5 Å². The van der Waals surface area contributed by atoms with E-state index in [4.69, 9.17) is 9.47 Å². The summed E-state index contributed by atoms with van der Waals surface area (Å²) in [5.74, 6) is 1.29. The lowest BCUT2D eigenvalue weighted by Gasteiger charge is -2.12. The monoisotopic (exact) mass is 382 g/mol. The van der Waals surface area contributed by atoms with Crippen LogP contribution in [-0.2, 0) is 10.0 Å². The minimum Gasteiger partial charge on any atom is -0.490 e. The van der Waals surface area contributed by atoms with Gasteiger partial charge in [-0.1, -0.05) is 19.4 Å². The van der Waals surface area contributed by atoms with Crippen molar-refractivity contribution in [2.75, 3.05) is 13.2 Å².